The third kappa shape index (κ3) is 3.84. The second-order valence-corrected chi connectivity index (χ2v) is 5.08. The summed E-state index contributed by atoms with van der Waals surface area (Å²) >= 11 is 7.76. The predicted octanol–water partition coefficient (Wildman–Crippen LogP) is -0.478. The zero-order valence-electron chi connectivity index (χ0n) is 5.43. The van der Waals surface area contributed by atoms with E-state index in [1.165, 1.54) is 0 Å². The molecule has 0 aliphatic heterocycles. The SMILES string of the molecule is O[Si](O)(O)C(CS)CCS. The highest BCUT2D eigenvalue weighted by molar-refractivity contribution is 7.80. The molecule has 0 aliphatic rings. The Balaban J connectivity index is 3.81. The molecule has 0 aliphatic carbocycles. The molecule has 0 aromatic rings. The van der Waals surface area contributed by atoms with Crippen LogP contribution in [0.25, 0.3) is 0 Å². The van der Waals surface area contributed by atoms with Crippen LogP contribution in [-0.2, 0) is 0 Å². The molecule has 10 heavy (non-hydrogen) atoms. The minimum atomic E-state index is -3.93. The molecule has 0 aromatic carbocycles. The maximum Gasteiger partial charge on any atom is 0.496 e. The van der Waals surface area contributed by atoms with Crippen LogP contribution in [0.4, 0.5) is 0 Å². The van der Waals surface area contributed by atoms with Crippen molar-refractivity contribution in [2.45, 2.75) is 12.0 Å². The van der Waals surface area contributed by atoms with Gasteiger partial charge in [0.25, 0.3) is 0 Å². The number of hydrogen-bond donors (Lipinski definition) is 5. The standard InChI is InChI=1S/C4H12O3S2Si/c5-10(6,7)4(3-9)1-2-8/h4-9H,1-3H2. The summed E-state index contributed by atoms with van der Waals surface area (Å²) in [5.41, 5.74) is -0.492. The fourth-order valence-electron chi connectivity index (χ4n) is 0.563. The molecule has 0 saturated carbocycles. The molecule has 0 amide bonds. The third-order valence-corrected chi connectivity index (χ3v) is 3.88. The van der Waals surface area contributed by atoms with Crippen LogP contribution in [0.2, 0.25) is 5.54 Å². The van der Waals surface area contributed by atoms with E-state index in [1.54, 1.807) is 0 Å². The molecule has 3 nitrogen and oxygen atoms in total. The van der Waals surface area contributed by atoms with Crippen LogP contribution in [-0.4, -0.2) is 34.7 Å². The largest absolute Gasteiger partial charge is 0.496 e. The molecule has 0 heterocycles. The normalized spacial score (nSPS) is 15.3. The molecule has 0 aromatic heterocycles. The molecule has 0 fully saturated rings. The molecule has 6 heteroatoms. The first-order chi connectivity index (χ1) is 4.52. The van der Waals surface area contributed by atoms with Gasteiger partial charge in [0.05, 0.1) is 0 Å². The number of hydrogen-bond acceptors (Lipinski definition) is 5. The van der Waals surface area contributed by atoms with E-state index in [0.717, 1.165) is 0 Å². The van der Waals surface area contributed by atoms with Gasteiger partial charge in [-0.1, -0.05) is 0 Å². The molecule has 62 valence electrons. The molecule has 0 bridgehead atoms. The predicted molar refractivity (Wildman–Crippen MR) is 48.5 cm³/mol. The number of thiol groups is 2. The fraction of sp³-hybridized carbons (Fsp3) is 1.00. The van der Waals surface area contributed by atoms with Crippen molar-refractivity contribution in [1.29, 1.82) is 0 Å². The fourth-order valence-corrected chi connectivity index (χ4v) is 2.81. The van der Waals surface area contributed by atoms with E-state index >= 15 is 0 Å². The molecule has 1 atom stereocenters. The van der Waals surface area contributed by atoms with Gasteiger partial charge in [0.2, 0.25) is 0 Å². The van der Waals surface area contributed by atoms with Gasteiger partial charge < -0.3 is 14.4 Å². The number of rotatable bonds is 4. The maximum atomic E-state index is 8.78. The zero-order chi connectivity index (χ0) is 8.20. The van der Waals surface area contributed by atoms with Crippen molar-refractivity contribution < 1.29 is 14.4 Å². The lowest BCUT2D eigenvalue weighted by Gasteiger charge is -2.18. The minimum Gasteiger partial charge on any atom is -0.390 e. The summed E-state index contributed by atoms with van der Waals surface area (Å²) in [5.74, 6) is 0.817. The topological polar surface area (TPSA) is 60.7 Å². The quantitative estimate of drug-likeness (QED) is 0.315. The summed E-state index contributed by atoms with van der Waals surface area (Å²) in [6.45, 7) is 0. The van der Waals surface area contributed by atoms with Gasteiger partial charge in [-0.05, 0) is 17.9 Å². The first-order valence-electron chi connectivity index (χ1n) is 2.91. The lowest BCUT2D eigenvalue weighted by atomic mass is 10.4. The molecule has 0 rings (SSSR count). The van der Waals surface area contributed by atoms with Crippen molar-refractivity contribution in [3.05, 3.63) is 0 Å². The van der Waals surface area contributed by atoms with Gasteiger partial charge >= 0.3 is 8.80 Å². The summed E-state index contributed by atoms with van der Waals surface area (Å²) < 4.78 is 0. The Morgan fingerprint density at radius 3 is 1.80 bits per heavy atom. The molecular weight excluding hydrogens is 188 g/mol. The van der Waals surface area contributed by atoms with Crippen molar-refractivity contribution in [2.24, 2.45) is 0 Å². The summed E-state index contributed by atoms with van der Waals surface area (Å²) in [5, 5.41) is 0. The van der Waals surface area contributed by atoms with Crippen molar-refractivity contribution in [3.63, 3.8) is 0 Å². The van der Waals surface area contributed by atoms with Gasteiger partial charge in [-0.25, -0.2) is 0 Å². The first kappa shape index (κ1) is 10.8. The Kier molecular flexibility index (Phi) is 5.00. The molecular formula is C4H12O3S2Si. The smallest absolute Gasteiger partial charge is 0.390 e. The molecule has 0 saturated heterocycles. The Bertz CT molecular complexity index is 95.0. The van der Waals surface area contributed by atoms with Gasteiger partial charge in [-0.3, -0.25) is 0 Å². The first-order valence-corrected chi connectivity index (χ1v) is 6.09. The van der Waals surface area contributed by atoms with E-state index in [-0.39, 0.29) is 5.75 Å². The van der Waals surface area contributed by atoms with Gasteiger partial charge in [0, 0.05) is 5.54 Å². The van der Waals surface area contributed by atoms with Gasteiger partial charge in [0.15, 0.2) is 0 Å². The van der Waals surface area contributed by atoms with Crippen LogP contribution in [0, 0.1) is 0 Å². The van der Waals surface area contributed by atoms with E-state index in [0.29, 0.717) is 12.2 Å². The Hall–Kier alpha value is 0.797. The summed E-state index contributed by atoms with van der Waals surface area (Å²) in [6.07, 6.45) is 0.488. The van der Waals surface area contributed by atoms with E-state index in [2.05, 4.69) is 25.3 Å². The molecule has 0 spiro atoms. The van der Waals surface area contributed by atoms with E-state index in [4.69, 9.17) is 14.4 Å². The van der Waals surface area contributed by atoms with Gasteiger partial charge in [-0.15, -0.1) is 0 Å². The van der Waals surface area contributed by atoms with Crippen LogP contribution in [0.15, 0.2) is 0 Å². The molecule has 1 unspecified atom stereocenters. The van der Waals surface area contributed by atoms with Gasteiger partial charge in [-0.2, -0.15) is 25.3 Å². The van der Waals surface area contributed by atoms with Crippen LogP contribution >= 0.6 is 25.3 Å². The highest BCUT2D eigenvalue weighted by atomic mass is 32.1. The Morgan fingerprint density at radius 1 is 1.20 bits per heavy atom. The minimum absolute atomic E-state index is 0.288. The van der Waals surface area contributed by atoms with E-state index < -0.39 is 14.3 Å². The molecule has 0 radical (unpaired) electrons. The van der Waals surface area contributed by atoms with Crippen molar-refractivity contribution >= 4 is 34.1 Å². The summed E-state index contributed by atoms with van der Waals surface area (Å²) in [4.78, 5) is 26.3. The lowest BCUT2D eigenvalue weighted by molar-refractivity contribution is 0.213. The van der Waals surface area contributed by atoms with Crippen LogP contribution in [0.3, 0.4) is 0 Å². The Labute approximate surface area is 72.3 Å². The highest BCUT2D eigenvalue weighted by Crippen LogP contribution is 2.20. The summed E-state index contributed by atoms with van der Waals surface area (Å²) in [7, 11) is -3.93. The van der Waals surface area contributed by atoms with Crippen LogP contribution in [0.5, 0.6) is 0 Å². The van der Waals surface area contributed by atoms with E-state index in [1.807, 2.05) is 0 Å². The van der Waals surface area contributed by atoms with Crippen LogP contribution in [0.1, 0.15) is 6.42 Å². The second-order valence-electron chi connectivity index (χ2n) is 2.08. The van der Waals surface area contributed by atoms with Crippen LogP contribution < -0.4 is 0 Å². The zero-order valence-corrected chi connectivity index (χ0v) is 8.22. The third-order valence-electron chi connectivity index (χ3n) is 1.25. The average Bonchev–Trinajstić information content (AvgIpc) is 1.80. The average molecular weight is 200 g/mol. The second kappa shape index (κ2) is 4.63. The van der Waals surface area contributed by atoms with Gasteiger partial charge in [0.1, 0.15) is 0 Å². The van der Waals surface area contributed by atoms with E-state index in [9.17, 15) is 0 Å². The Morgan fingerprint density at radius 2 is 1.70 bits per heavy atom. The van der Waals surface area contributed by atoms with Crippen molar-refractivity contribution in [3.8, 4) is 0 Å². The maximum absolute atomic E-state index is 8.78. The van der Waals surface area contributed by atoms with Crippen molar-refractivity contribution in [1.82, 2.24) is 0 Å². The van der Waals surface area contributed by atoms with Crippen molar-refractivity contribution in [2.75, 3.05) is 11.5 Å². The highest BCUT2D eigenvalue weighted by Gasteiger charge is 2.37. The lowest BCUT2D eigenvalue weighted by Crippen LogP contribution is -2.41. The monoisotopic (exact) mass is 200 g/mol. The summed E-state index contributed by atoms with van der Waals surface area (Å²) in [6, 6.07) is 0. The molecule has 3 N–H and O–H groups in total.